The molecule has 19 heavy (non-hydrogen) atoms. The Balaban J connectivity index is 1.70. The van der Waals surface area contributed by atoms with E-state index in [1.807, 2.05) is 24.3 Å². The average Bonchev–Trinajstić information content (AvgIpc) is 3.09. The van der Waals surface area contributed by atoms with Crippen LogP contribution >= 0.6 is 11.8 Å². The van der Waals surface area contributed by atoms with E-state index in [1.165, 1.54) is 0 Å². The molecule has 0 bridgehead atoms. The van der Waals surface area contributed by atoms with Crippen LogP contribution in [-0.4, -0.2) is 10.2 Å². The van der Waals surface area contributed by atoms with Crippen molar-refractivity contribution in [3.05, 3.63) is 48.6 Å². The Kier molecular flexibility index (Phi) is 3.24. The van der Waals surface area contributed by atoms with Gasteiger partial charge in [0.1, 0.15) is 0 Å². The Hall–Kier alpha value is -2.21. The molecule has 2 aromatic heterocycles. The molecule has 6 heteroatoms. The second-order valence-electron chi connectivity index (χ2n) is 3.80. The van der Waals surface area contributed by atoms with Gasteiger partial charge in [-0.15, -0.1) is 22.0 Å². The highest BCUT2D eigenvalue weighted by Gasteiger charge is 2.11. The summed E-state index contributed by atoms with van der Waals surface area (Å²) in [6.45, 7) is 0. The number of benzene rings is 1. The van der Waals surface area contributed by atoms with Crippen molar-refractivity contribution in [2.75, 3.05) is 5.73 Å². The van der Waals surface area contributed by atoms with Gasteiger partial charge in [-0.25, -0.2) is 0 Å². The molecule has 0 unspecified atom stereocenters. The van der Waals surface area contributed by atoms with Crippen LogP contribution in [0.5, 0.6) is 0 Å². The molecule has 0 aliphatic rings. The number of furan rings is 1. The summed E-state index contributed by atoms with van der Waals surface area (Å²) in [7, 11) is 0. The maximum Gasteiger partial charge on any atom is 0.283 e. The van der Waals surface area contributed by atoms with Gasteiger partial charge < -0.3 is 14.6 Å². The first-order chi connectivity index (χ1) is 9.33. The van der Waals surface area contributed by atoms with Crippen LogP contribution in [0.3, 0.4) is 0 Å². The number of nitrogens with zero attached hydrogens (tertiary/aromatic N) is 2. The smallest absolute Gasteiger partial charge is 0.283 e. The average molecular weight is 273 g/mol. The predicted octanol–water partition coefficient (Wildman–Crippen LogP) is 3.20. The van der Waals surface area contributed by atoms with Crippen molar-refractivity contribution in [1.29, 1.82) is 0 Å². The molecule has 2 heterocycles. The van der Waals surface area contributed by atoms with Crippen LogP contribution in [0.1, 0.15) is 5.89 Å². The minimum atomic E-state index is 0.390. The molecule has 0 fully saturated rings. The van der Waals surface area contributed by atoms with Gasteiger partial charge in [-0.2, -0.15) is 0 Å². The molecule has 5 nitrogen and oxygen atoms in total. The van der Waals surface area contributed by atoms with Gasteiger partial charge in [-0.3, -0.25) is 0 Å². The molecule has 3 rings (SSSR count). The Bertz CT molecular complexity index is 664. The predicted molar refractivity (Wildman–Crippen MR) is 72.4 cm³/mol. The third-order valence-electron chi connectivity index (χ3n) is 2.47. The highest BCUT2D eigenvalue weighted by molar-refractivity contribution is 7.98. The topological polar surface area (TPSA) is 78.1 Å². The van der Waals surface area contributed by atoms with Crippen LogP contribution in [0.2, 0.25) is 0 Å². The van der Waals surface area contributed by atoms with Crippen molar-refractivity contribution in [3.8, 4) is 11.7 Å². The van der Waals surface area contributed by atoms with E-state index < -0.39 is 0 Å². The quantitative estimate of drug-likeness (QED) is 0.581. The van der Waals surface area contributed by atoms with Gasteiger partial charge >= 0.3 is 0 Å². The maximum atomic E-state index is 5.86. The van der Waals surface area contributed by atoms with Crippen molar-refractivity contribution in [2.24, 2.45) is 0 Å². The molecule has 0 aliphatic heterocycles. The summed E-state index contributed by atoms with van der Waals surface area (Å²) in [6, 6.07) is 11.2. The molecular weight excluding hydrogens is 262 g/mol. The monoisotopic (exact) mass is 273 g/mol. The summed E-state index contributed by atoms with van der Waals surface area (Å²) in [5, 5.41) is 7.92. The van der Waals surface area contributed by atoms with E-state index in [0.717, 1.165) is 10.6 Å². The van der Waals surface area contributed by atoms with E-state index in [1.54, 1.807) is 30.2 Å². The third-order valence-corrected chi connectivity index (χ3v) is 3.54. The van der Waals surface area contributed by atoms with Gasteiger partial charge in [0, 0.05) is 10.6 Å². The van der Waals surface area contributed by atoms with Gasteiger partial charge in [-0.05, 0) is 24.3 Å². The first-order valence-electron chi connectivity index (χ1n) is 5.66. The summed E-state index contributed by atoms with van der Waals surface area (Å²) >= 11 is 1.56. The Morgan fingerprint density at radius 2 is 2.00 bits per heavy atom. The number of anilines is 1. The van der Waals surface area contributed by atoms with Crippen molar-refractivity contribution >= 4 is 17.4 Å². The Morgan fingerprint density at radius 3 is 2.79 bits per heavy atom. The molecular formula is C13H11N3O2S. The Morgan fingerprint density at radius 1 is 1.11 bits per heavy atom. The van der Waals surface area contributed by atoms with E-state index >= 15 is 0 Å². The molecule has 0 amide bonds. The summed E-state index contributed by atoms with van der Waals surface area (Å²) in [5.41, 5.74) is 6.61. The fourth-order valence-electron chi connectivity index (χ4n) is 1.56. The summed E-state index contributed by atoms with van der Waals surface area (Å²) in [4.78, 5) is 1.00. The number of thioether (sulfide) groups is 1. The molecule has 3 aromatic rings. The molecule has 0 spiro atoms. The fourth-order valence-corrected chi connectivity index (χ4v) is 2.37. The van der Waals surface area contributed by atoms with Gasteiger partial charge in [0.15, 0.2) is 5.76 Å². The zero-order valence-electron chi connectivity index (χ0n) is 9.95. The first kappa shape index (κ1) is 11.9. The highest BCUT2D eigenvalue weighted by atomic mass is 32.2. The zero-order valence-corrected chi connectivity index (χ0v) is 10.8. The number of rotatable bonds is 4. The molecule has 0 saturated heterocycles. The van der Waals surface area contributed by atoms with E-state index in [2.05, 4.69) is 10.2 Å². The van der Waals surface area contributed by atoms with Crippen molar-refractivity contribution in [1.82, 2.24) is 10.2 Å². The second kappa shape index (κ2) is 5.19. The minimum Gasteiger partial charge on any atom is -0.459 e. The van der Waals surface area contributed by atoms with Gasteiger partial charge in [0.05, 0.1) is 12.0 Å². The van der Waals surface area contributed by atoms with Crippen LogP contribution in [0, 0.1) is 0 Å². The molecule has 96 valence electrons. The summed E-state index contributed by atoms with van der Waals surface area (Å²) < 4.78 is 10.7. The summed E-state index contributed by atoms with van der Waals surface area (Å²) in [5.74, 6) is 2.08. The number of aromatic nitrogens is 2. The van der Waals surface area contributed by atoms with Gasteiger partial charge in [-0.1, -0.05) is 12.1 Å². The van der Waals surface area contributed by atoms with E-state index in [9.17, 15) is 0 Å². The number of nitrogens with two attached hydrogens (primary N) is 1. The fraction of sp³-hybridized carbons (Fsp3) is 0.0769. The number of nitrogen functional groups attached to an aromatic ring is 1. The van der Waals surface area contributed by atoms with E-state index in [-0.39, 0.29) is 0 Å². The standard InChI is InChI=1S/C13H11N3O2S/c14-9-4-1-2-6-11(9)19-8-12-15-16-13(18-12)10-5-3-7-17-10/h1-7H,8,14H2. The zero-order chi connectivity index (χ0) is 13.1. The SMILES string of the molecule is Nc1ccccc1SCc1nnc(-c2ccco2)o1. The lowest BCUT2D eigenvalue weighted by Gasteiger charge is -2.01. The number of hydrogen-bond acceptors (Lipinski definition) is 6. The normalized spacial score (nSPS) is 10.7. The molecule has 0 aliphatic carbocycles. The molecule has 0 radical (unpaired) electrons. The van der Waals surface area contributed by atoms with E-state index in [4.69, 9.17) is 14.6 Å². The largest absolute Gasteiger partial charge is 0.459 e. The number of hydrogen-bond donors (Lipinski definition) is 1. The molecule has 1 aromatic carbocycles. The van der Waals surface area contributed by atoms with Crippen LogP contribution in [0.15, 0.2) is 56.4 Å². The van der Waals surface area contributed by atoms with Crippen LogP contribution < -0.4 is 5.73 Å². The Labute approximate surface area is 113 Å². The lowest BCUT2D eigenvalue weighted by atomic mass is 10.3. The number of para-hydroxylation sites is 1. The van der Waals surface area contributed by atoms with E-state index in [0.29, 0.717) is 23.3 Å². The maximum absolute atomic E-state index is 5.86. The van der Waals surface area contributed by atoms with Crippen LogP contribution in [0.4, 0.5) is 5.69 Å². The van der Waals surface area contributed by atoms with Crippen LogP contribution in [0.25, 0.3) is 11.7 Å². The lowest BCUT2D eigenvalue weighted by Crippen LogP contribution is -1.88. The summed E-state index contributed by atoms with van der Waals surface area (Å²) in [6.07, 6.45) is 1.57. The first-order valence-corrected chi connectivity index (χ1v) is 6.65. The second-order valence-corrected chi connectivity index (χ2v) is 4.82. The van der Waals surface area contributed by atoms with Gasteiger partial charge in [0.25, 0.3) is 5.89 Å². The molecule has 0 atom stereocenters. The van der Waals surface area contributed by atoms with Crippen molar-refractivity contribution < 1.29 is 8.83 Å². The van der Waals surface area contributed by atoms with Crippen molar-refractivity contribution in [3.63, 3.8) is 0 Å². The lowest BCUT2D eigenvalue weighted by molar-refractivity contribution is 0.494. The van der Waals surface area contributed by atoms with Crippen molar-refractivity contribution in [2.45, 2.75) is 10.6 Å². The molecule has 2 N–H and O–H groups in total. The van der Waals surface area contributed by atoms with Crippen LogP contribution in [-0.2, 0) is 5.75 Å². The minimum absolute atomic E-state index is 0.390. The molecule has 0 saturated carbocycles. The highest BCUT2D eigenvalue weighted by Crippen LogP contribution is 2.28. The third kappa shape index (κ3) is 2.63. The van der Waals surface area contributed by atoms with Gasteiger partial charge in [0.2, 0.25) is 5.89 Å².